The third-order valence-electron chi connectivity index (χ3n) is 5.22. The number of aliphatic hydroxyl groups excluding tert-OH is 1. The molecule has 0 unspecified atom stereocenters. The van der Waals surface area contributed by atoms with Crippen molar-refractivity contribution in [3.63, 3.8) is 0 Å². The summed E-state index contributed by atoms with van der Waals surface area (Å²) in [6, 6.07) is 6.79. The van der Waals surface area contributed by atoms with Crippen LogP contribution < -0.4 is 16.0 Å². The maximum absolute atomic E-state index is 12.6. The van der Waals surface area contributed by atoms with E-state index in [2.05, 4.69) is 22.9 Å². The lowest BCUT2D eigenvalue weighted by Gasteiger charge is -2.38. The van der Waals surface area contributed by atoms with E-state index >= 15 is 0 Å². The van der Waals surface area contributed by atoms with Gasteiger partial charge in [0, 0.05) is 12.2 Å². The number of aliphatic hydroxyl groups is 1. The van der Waals surface area contributed by atoms with E-state index in [0.717, 1.165) is 37.7 Å². The van der Waals surface area contributed by atoms with E-state index in [4.69, 9.17) is 5.11 Å². The van der Waals surface area contributed by atoms with Crippen LogP contribution in [0.15, 0.2) is 24.3 Å². The third kappa shape index (κ3) is 5.79. The van der Waals surface area contributed by atoms with Gasteiger partial charge >= 0.3 is 0 Å². The SMILES string of the molecule is CCCCCCNC(=O)C1(C(=O)NCC(=O)Nc2ccc(CO)cc2)CCC1. The van der Waals surface area contributed by atoms with Crippen LogP contribution >= 0.6 is 0 Å². The molecule has 2 rings (SSSR count). The molecule has 0 bridgehead atoms. The molecule has 0 aromatic heterocycles. The first-order valence-corrected chi connectivity index (χ1v) is 10.1. The van der Waals surface area contributed by atoms with Crippen LogP contribution in [0.3, 0.4) is 0 Å². The van der Waals surface area contributed by atoms with Gasteiger partial charge in [-0.2, -0.15) is 0 Å². The van der Waals surface area contributed by atoms with Crippen LogP contribution in [0, 0.1) is 5.41 Å². The van der Waals surface area contributed by atoms with Gasteiger partial charge < -0.3 is 21.1 Å². The van der Waals surface area contributed by atoms with Crippen molar-refractivity contribution in [1.29, 1.82) is 0 Å². The Kier molecular flexibility index (Phi) is 8.44. The van der Waals surface area contributed by atoms with Gasteiger partial charge in [0.2, 0.25) is 17.7 Å². The molecule has 154 valence electrons. The number of nitrogens with one attached hydrogen (secondary N) is 3. The summed E-state index contributed by atoms with van der Waals surface area (Å²) in [6.45, 7) is 2.46. The first-order valence-electron chi connectivity index (χ1n) is 10.1. The molecule has 3 amide bonds. The zero-order chi connectivity index (χ0) is 20.4. The molecule has 1 aliphatic carbocycles. The molecule has 1 saturated carbocycles. The lowest BCUT2D eigenvalue weighted by atomic mass is 9.67. The summed E-state index contributed by atoms with van der Waals surface area (Å²) in [4.78, 5) is 37.2. The Morgan fingerprint density at radius 2 is 1.68 bits per heavy atom. The molecule has 4 N–H and O–H groups in total. The number of hydrogen-bond acceptors (Lipinski definition) is 4. The fraction of sp³-hybridized carbons (Fsp3) is 0.571. The van der Waals surface area contributed by atoms with Crippen LogP contribution in [0.2, 0.25) is 0 Å². The number of amides is 3. The monoisotopic (exact) mass is 389 g/mol. The Labute approximate surface area is 166 Å². The minimum absolute atomic E-state index is 0.0625. The second-order valence-corrected chi connectivity index (χ2v) is 7.34. The van der Waals surface area contributed by atoms with Crippen LogP contribution in [-0.4, -0.2) is 35.9 Å². The molecule has 7 nitrogen and oxygen atoms in total. The largest absolute Gasteiger partial charge is 0.392 e. The summed E-state index contributed by atoms with van der Waals surface area (Å²) >= 11 is 0. The zero-order valence-electron chi connectivity index (χ0n) is 16.6. The molecular weight excluding hydrogens is 358 g/mol. The highest BCUT2D eigenvalue weighted by molar-refractivity contribution is 6.07. The van der Waals surface area contributed by atoms with Gasteiger partial charge in [0.25, 0.3) is 0 Å². The molecule has 7 heteroatoms. The van der Waals surface area contributed by atoms with Crippen molar-refractivity contribution in [1.82, 2.24) is 10.6 Å². The molecule has 0 spiro atoms. The average Bonchev–Trinajstić information content (AvgIpc) is 2.66. The van der Waals surface area contributed by atoms with Crippen LogP contribution in [0.1, 0.15) is 57.4 Å². The summed E-state index contributed by atoms with van der Waals surface area (Å²) in [5, 5.41) is 17.2. The normalized spacial score (nSPS) is 14.6. The fourth-order valence-electron chi connectivity index (χ4n) is 3.24. The molecule has 0 aliphatic heterocycles. The number of hydrogen-bond donors (Lipinski definition) is 4. The number of anilines is 1. The summed E-state index contributed by atoms with van der Waals surface area (Å²) < 4.78 is 0. The Morgan fingerprint density at radius 1 is 1.00 bits per heavy atom. The van der Waals surface area contributed by atoms with E-state index in [-0.39, 0.29) is 30.9 Å². The van der Waals surface area contributed by atoms with Gasteiger partial charge in [0.05, 0.1) is 13.2 Å². The molecule has 1 aromatic carbocycles. The molecule has 0 saturated heterocycles. The van der Waals surface area contributed by atoms with E-state index < -0.39 is 5.41 Å². The third-order valence-corrected chi connectivity index (χ3v) is 5.22. The van der Waals surface area contributed by atoms with E-state index in [0.29, 0.717) is 25.1 Å². The first kappa shape index (κ1) is 21.9. The fourth-order valence-corrected chi connectivity index (χ4v) is 3.24. The van der Waals surface area contributed by atoms with E-state index in [1.54, 1.807) is 24.3 Å². The Bertz CT molecular complexity index is 669. The number of carbonyl (C=O) groups excluding carboxylic acids is 3. The van der Waals surface area contributed by atoms with Crippen molar-refractivity contribution in [2.45, 2.75) is 58.5 Å². The molecule has 1 aromatic rings. The number of carbonyl (C=O) groups is 3. The summed E-state index contributed by atoms with van der Waals surface area (Å²) in [5.41, 5.74) is 0.298. The standard InChI is InChI=1S/C21H31N3O4/c1-2-3-4-5-13-22-19(27)21(11-6-12-21)20(28)23-14-18(26)24-17-9-7-16(15-25)8-10-17/h7-10,25H,2-6,11-15H2,1H3,(H,22,27)(H,23,28)(H,24,26). The number of rotatable bonds is 11. The second-order valence-electron chi connectivity index (χ2n) is 7.34. The van der Waals surface area contributed by atoms with Crippen LogP contribution in [0.5, 0.6) is 0 Å². The van der Waals surface area contributed by atoms with Gasteiger partial charge in [-0.05, 0) is 37.0 Å². The summed E-state index contributed by atoms with van der Waals surface area (Å²) in [5.74, 6) is -0.970. The minimum atomic E-state index is -1.03. The predicted molar refractivity (Wildman–Crippen MR) is 107 cm³/mol. The van der Waals surface area contributed by atoms with Crippen molar-refractivity contribution >= 4 is 23.4 Å². The van der Waals surface area contributed by atoms with Crippen LogP contribution in [0.4, 0.5) is 5.69 Å². The van der Waals surface area contributed by atoms with Crippen molar-refractivity contribution in [3.8, 4) is 0 Å². The van der Waals surface area contributed by atoms with E-state index in [1.165, 1.54) is 0 Å². The van der Waals surface area contributed by atoms with Crippen LogP contribution in [0.25, 0.3) is 0 Å². The zero-order valence-corrected chi connectivity index (χ0v) is 16.6. The average molecular weight is 389 g/mol. The quantitative estimate of drug-likeness (QED) is 0.343. The predicted octanol–water partition coefficient (Wildman–Crippen LogP) is 2.10. The maximum Gasteiger partial charge on any atom is 0.243 e. The van der Waals surface area contributed by atoms with Gasteiger partial charge in [-0.25, -0.2) is 0 Å². The van der Waals surface area contributed by atoms with Gasteiger partial charge in [-0.15, -0.1) is 0 Å². The number of unbranched alkanes of at least 4 members (excludes halogenated alkanes) is 3. The first-order chi connectivity index (χ1) is 13.5. The Morgan fingerprint density at radius 3 is 2.25 bits per heavy atom. The Balaban J connectivity index is 1.78. The molecule has 0 radical (unpaired) electrons. The van der Waals surface area contributed by atoms with Gasteiger partial charge in [-0.1, -0.05) is 44.7 Å². The lowest BCUT2D eigenvalue weighted by molar-refractivity contribution is -0.150. The lowest BCUT2D eigenvalue weighted by Crippen LogP contribution is -2.56. The smallest absolute Gasteiger partial charge is 0.243 e. The highest BCUT2D eigenvalue weighted by Crippen LogP contribution is 2.41. The molecule has 1 fully saturated rings. The van der Waals surface area contributed by atoms with Gasteiger partial charge in [0.15, 0.2) is 0 Å². The topological polar surface area (TPSA) is 108 Å². The maximum atomic E-state index is 12.6. The number of benzene rings is 1. The molecule has 1 aliphatic rings. The van der Waals surface area contributed by atoms with Crippen molar-refractivity contribution < 1.29 is 19.5 Å². The molecule has 28 heavy (non-hydrogen) atoms. The highest BCUT2D eigenvalue weighted by atomic mass is 16.3. The van der Waals surface area contributed by atoms with Crippen molar-refractivity contribution in [3.05, 3.63) is 29.8 Å². The van der Waals surface area contributed by atoms with Crippen molar-refractivity contribution in [2.75, 3.05) is 18.4 Å². The van der Waals surface area contributed by atoms with E-state index in [1.807, 2.05) is 0 Å². The summed E-state index contributed by atoms with van der Waals surface area (Å²) in [6.07, 6.45) is 6.12. The van der Waals surface area contributed by atoms with E-state index in [9.17, 15) is 14.4 Å². The minimum Gasteiger partial charge on any atom is -0.392 e. The molecule has 0 heterocycles. The van der Waals surface area contributed by atoms with Crippen LogP contribution in [-0.2, 0) is 21.0 Å². The van der Waals surface area contributed by atoms with Crippen molar-refractivity contribution in [2.24, 2.45) is 5.41 Å². The highest BCUT2D eigenvalue weighted by Gasteiger charge is 2.50. The van der Waals surface area contributed by atoms with Gasteiger partial charge in [-0.3, -0.25) is 14.4 Å². The molecular formula is C21H31N3O4. The second kappa shape index (κ2) is 10.8. The Hall–Kier alpha value is -2.41. The summed E-state index contributed by atoms with van der Waals surface area (Å²) in [7, 11) is 0. The molecule has 0 atom stereocenters. The van der Waals surface area contributed by atoms with Gasteiger partial charge in [0.1, 0.15) is 5.41 Å².